The summed E-state index contributed by atoms with van der Waals surface area (Å²) in [4.78, 5) is 2.39. The second kappa shape index (κ2) is 6.46. The molecule has 1 aromatic carbocycles. The minimum Gasteiger partial charge on any atom is -0.491 e. The highest BCUT2D eigenvalue weighted by molar-refractivity contribution is 5.58. The molecule has 2 aliphatic rings. The molecule has 4 heteroatoms. The van der Waals surface area contributed by atoms with Crippen LogP contribution in [0.25, 0.3) is 0 Å². The zero-order valence-corrected chi connectivity index (χ0v) is 12.0. The van der Waals surface area contributed by atoms with Crippen molar-refractivity contribution < 1.29 is 9.47 Å². The first kappa shape index (κ1) is 13.7. The van der Waals surface area contributed by atoms with E-state index in [0.29, 0.717) is 12.0 Å². The van der Waals surface area contributed by atoms with Crippen molar-refractivity contribution in [2.24, 2.45) is 11.7 Å². The fraction of sp³-hybridized carbons (Fsp3) is 0.625. The Bertz CT molecular complexity index is 424. The average molecular weight is 276 g/mol. The van der Waals surface area contributed by atoms with E-state index in [1.54, 1.807) is 0 Å². The Labute approximate surface area is 120 Å². The van der Waals surface area contributed by atoms with E-state index in [9.17, 15) is 0 Å². The van der Waals surface area contributed by atoms with Crippen molar-refractivity contribution in [2.75, 3.05) is 37.8 Å². The maximum atomic E-state index is 6.05. The van der Waals surface area contributed by atoms with Gasteiger partial charge in [0.1, 0.15) is 5.75 Å². The molecule has 1 unspecified atom stereocenters. The van der Waals surface area contributed by atoms with E-state index in [1.807, 2.05) is 6.07 Å². The van der Waals surface area contributed by atoms with Gasteiger partial charge in [0, 0.05) is 31.7 Å². The number of nitrogens with two attached hydrogens (primary N) is 1. The normalized spacial score (nSPS) is 24.1. The minimum absolute atomic E-state index is 0.356. The molecule has 0 radical (unpaired) electrons. The predicted molar refractivity (Wildman–Crippen MR) is 80.3 cm³/mol. The molecule has 2 heterocycles. The van der Waals surface area contributed by atoms with Crippen molar-refractivity contribution >= 4 is 5.69 Å². The van der Waals surface area contributed by atoms with Crippen LogP contribution in [-0.4, -0.2) is 39.0 Å². The monoisotopic (exact) mass is 276 g/mol. The molecule has 0 spiro atoms. The predicted octanol–water partition coefficient (Wildman–Crippen LogP) is 2.03. The van der Waals surface area contributed by atoms with Crippen molar-refractivity contribution in [1.82, 2.24) is 0 Å². The summed E-state index contributed by atoms with van der Waals surface area (Å²) in [5.74, 6) is 1.53. The summed E-state index contributed by atoms with van der Waals surface area (Å²) in [7, 11) is 0. The average Bonchev–Trinajstić information content (AvgIpc) is 3.00. The van der Waals surface area contributed by atoms with Crippen LogP contribution in [0.15, 0.2) is 24.3 Å². The van der Waals surface area contributed by atoms with Crippen molar-refractivity contribution in [2.45, 2.75) is 25.3 Å². The Balaban J connectivity index is 1.64. The van der Waals surface area contributed by atoms with E-state index in [1.165, 1.54) is 5.69 Å². The lowest BCUT2D eigenvalue weighted by molar-refractivity contribution is 0.167. The van der Waals surface area contributed by atoms with Crippen molar-refractivity contribution in [3.63, 3.8) is 0 Å². The second-order valence-corrected chi connectivity index (χ2v) is 5.83. The summed E-state index contributed by atoms with van der Waals surface area (Å²) >= 11 is 0. The maximum Gasteiger partial charge on any atom is 0.142 e. The number of rotatable bonds is 4. The number of ether oxygens (including phenoxy) is 2. The van der Waals surface area contributed by atoms with Crippen molar-refractivity contribution in [1.29, 1.82) is 0 Å². The topological polar surface area (TPSA) is 47.7 Å². The molecule has 0 amide bonds. The first-order chi connectivity index (χ1) is 9.83. The van der Waals surface area contributed by atoms with Crippen LogP contribution in [0.2, 0.25) is 0 Å². The molecule has 3 rings (SSSR count). The van der Waals surface area contributed by atoms with Crippen LogP contribution in [0.4, 0.5) is 5.69 Å². The van der Waals surface area contributed by atoms with E-state index in [-0.39, 0.29) is 0 Å². The zero-order chi connectivity index (χ0) is 13.8. The number of hydrogen-bond acceptors (Lipinski definition) is 4. The number of anilines is 1. The molecule has 4 nitrogen and oxygen atoms in total. The van der Waals surface area contributed by atoms with Crippen LogP contribution >= 0.6 is 0 Å². The van der Waals surface area contributed by atoms with Crippen LogP contribution in [0, 0.1) is 5.92 Å². The van der Waals surface area contributed by atoms with Gasteiger partial charge in [-0.3, -0.25) is 0 Å². The van der Waals surface area contributed by atoms with Crippen molar-refractivity contribution in [3.8, 4) is 5.75 Å². The Kier molecular flexibility index (Phi) is 4.43. The molecule has 110 valence electrons. The van der Waals surface area contributed by atoms with Gasteiger partial charge >= 0.3 is 0 Å². The van der Waals surface area contributed by atoms with E-state index in [4.69, 9.17) is 15.2 Å². The molecule has 1 atom stereocenters. The molecule has 2 aliphatic heterocycles. The van der Waals surface area contributed by atoms with Gasteiger partial charge in [0.2, 0.25) is 0 Å². The largest absolute Gasteiger partial charge is 0.491 e. The van der Waals surface area contributed by atoms with Gasteiger partial charge in [-0.05, 0) is 31.4 Å². The Hall–Kier alpha value is -1.26. The molecular weight excluding hydrogens is 252 g/mol. The molecule has 20 heavy (non-hydrogen) atoms. The second-order valence-electron chi connectivity index (χ2n) is 5.83. The van der Waals surface area contributed by atoms with E-state index in [0.717, 1.165) is 57.9 Å². The fourth-order valence-corrected chi connectivity index (χ4v) is 2.90. The van der Waals surface area contributed by atoms with Crippen LogP contribution in [0.5, 0.6) is 5.75 Å². The lowest BCUT2D eigenvalue weighted by Crippen LogP contribution is -2.39. The summed E-state index contributed by atoms with van der Waals surface area (Å²) in [6.45, 7) is 4.51. The zero-order valence-electron chi connectivity index (χ0n) is 12.0. The Morgan fingerprint density at radius 1 is 1.20 bits per heavy atom. The highest BCUT2D eigenvalue weighted by Gasteiger charge is 2.20. The third kappa shape index (κ3) is 3.25. The van der Waals surface area contributed by atoms with Gasteiger partial charge in [0.15, 0.2) is 0 Å². The number of piperidine rings is 1. The first-order valence-corrected chi connectivity index (χ1v) is 7.63. The summed E-state index contributed by atoms with van der Waals surface area (Å²) < 4.78 is 11.4. The molecule has 2 fully saturated rings. The van der Waals surface area contributed by atoms with E-state index in [2.05, 4.69) is 23.1 Å². The minimum atomic E-state index is 0.356. The van der Waals surface area contributed by atoms with Gasteiger partial charge in [-0.2, -0.15) is 0 Å². The van der Waals surface area contributed by atoms with Gasteiger partial charge in [0.05, 0.1) is 18.9 Å². The number of nitrogens with zero attached hydrogens (tertiary/aromatic N) is 1. The van der Waals surface area contributed by atoms with Crippen LogP contribution in [0.1, 0.15) is 19.3 Å². The smallest absolute Gasteiger partial charge is 0.142 e. The Morgan fingerprint density at radius 2 is 2.00 bits per heavy atom. The molecule has 0 aliphatic carbocycles. The molecule has 2 saturated heterocycles. The molecule has 0 saturated carbocycles. The summed E-state index contributed by atoms with van der Waals surface area (Å²) in [5, 5.41) is 0. The highest BCUT2D eigenvalue weighted by Crippen LogP contribution is 2.30. The van der Waals surface area contributed by atoms with Crippen LogP contribution < -0.4 is 15.4 Å². The summed E-state index contributed by atoms with van der Waals surface area (Å²) in [6.07, 6.45) is 3.23. The SMILES string of the molecule is NC1CCN(c2ccccc2OCC2CCOC2)CC1. The third-order valence-corrected chi connectivity index (χ3v) is 4.24. The maximum absolute atomic E-state index is 6.05. The van der Waals surface area contributed by atoms with Crippen LogP contribution in [0.3, 0.4) is 0 Å². The van der Waals surface area contributed by atoms with Gasteiger partial charge in [-0.25, -0.2) is 0 Å². The number of benzene rings is 1. The van der Waals surface area contributed by atoms with E-state index < -0.39 is 0 Å². The lowest BCUT2D eigenvalue weighted by Gasteiger charge is -2.33. The highest BCUT2D eigenvalue weighted by atomic mass is 16.5. The quantitative estimate of drug-likeness (QED) is 0.914. The van der Waals surface area contributed by atoms with E-state index >= 15 is 0 Å². The molecular formula is C16H24N2O2. The number of hydrogen-bond donors (Lipinski definition) is 1. The fourth-order valence-electron chi connectivity index (χ4n) is 2.90. The van der Waals surface area contributed by atoms with Crippen molar-refractivity contribution in [3.05, 3.63) is 24.3 Å². The molecule has 0 aromatic heterocycles. The number of para-hydroxylation sites is 2. The van der Waals surface area contributed by atoms with Gasteiger partial charge in [-0.1, -0.05) is 12.1 Å². The molecule has 1 aromatic rings. The molecule has 0 bridgehead atoms. The van der Waals surface area contributed by atoms with Gasteiger partial charge in [0.25, 0.3) is 0 Å². The first-order valence-electron chi connectivity index (χ1n) is 7.63. The Morgan fingerprint density at radius 3 is 2.75 bits per heavy atom. The summed E-state index contributed by atoms with van der Waals surface area (Å²) in [6, 6.07) is 8.70. The third-order valence-electron chi connectivity index (χ3n) is 4.24. The standard InChI is InChI=1S/C16H24N2O2/c17-14-5-8-18(9-6-14)15-3-1-2-4-16(15)20-12-13-7-10-19-11-13/h1-4,13-14H,5-12,17H2. The van der Waals surface area contributed by atoms with Gasteiger partial charge in [-0.15, -0.1) is 0 Å². The molecule has 2 N–H and O–H groups in total. The lowest BCUT2D eigenvalue weighted by atomic mass is 10.1. The van der Waals surface area contributed by atoms with Crippen LogP contribution in [-0.2, 0) is 4.74 Å². The summed E-state index contributed by atoms with van der Waals surface area (Å²) in [5.41, 5.74) is 7.19. The van der Waals surface area contributed by atoms with Gasteiger partial charge < -0.3 is 20.1 Å².